The van der Waals surface area contributed by atoms with Gasteiger partial charge in [-0.2, -0.15) is 0 Å². The SMILES string of the molecule is COC(=O)/C=C/c1ccc2c(c1)C(=O)CC1(CCN(C(=O)[C@@H](C)c3ccc4cc(OC)ccc4c3)C1)O2. The van der Waals surface area contributed by atoms with E-state index >= 15 is 0 Å². The van der Waals surface area contributed by atoms with E-state index < -0.39 is 11.6 Å². The third kappa shape index (κ3) is 4.81. The van der Waals surface area contributed by atoms with Crippen molar-refractivity contribution in [3.63, 3.8) is 0 Å². The maximum absolute atomic E-state index is 13.5. The number of benzene rings is 3. The van der Waals surface area contributed by atoms with Gasteiger partial charge in [0.15, 0.2) is 5.78 Å². The minimum absolute atomic E-state index is 0.0230. The second kappa shape index (κ2) is 9.73. The van der Waals surface area contributed by atoms with Crippen LogP contribution in [0.2, 0.25) is 0 Å². The first-order chi connectivity index (χ1) is 17.8. The predicted molar refractivity (Wildman–Crippen MR) is 140 cm³/mol. The van der Waals surface area contributed by atoms with Gasteiger partial charge in [-0.05, 0) is 59.2 Å². The maximum Gasteiger partial charge on any atom is 0.330 e. The van der Waals surface area contributed by atoms with Gasteiger partial charge < -0.3 is 19.1 Å². The molecule has 1 unspecified atom stereocenters. The van der Waals surface area contributed by atoms with Crippen molar-refractivity contribution in [2.24, 2.45) is 0 Å². The van der Waals surface area contributed by atoms with Crippen LogP contribution in [0.1, 0.15) is 47.2 Å². The lowest BCUT2D eigenvalue weighted by molar-refractivity contribution is -0.135. The van der Waals surface area contributed by atoms with E-state index in [0.29, 0.717) is 36.4 Å². The molecule has 1 amide bonds. The van der Waals surface area contributed by atoms with Crippen LogP contribution in [0.25, 0.3) is 16.8 Å². The molecule has 0 aliphatic carbocycles. The Morgan fingerprint density at radius 3 is 2.62 bits per heavy atom. The van der Waals surface area contributed by atoms with Crippen molar-refractivity contribution in [3.8, 4) is 11.5 Å². The molecule has 7 nitrogen and oxygen atoms in total. The summed E-state index contributed by atoms with van der Waals surface area (Å²) in [6.45, 7) is 2.83. The first-order valence-electron chi connectivity index (χ1n) is 12.3. The fraction of sp³-hybridized carbons (Fsp3) is 0.300. The van der Waals surface area contributed by atoms with Gasteiger partial charge in [0.1, 0.15) is 17.1 Å². The molecule has 3 aromatic rings. The Kier molecular flexibility index (Phi) is 6.46. The number of amides is 1. The normalized spacial score (nSPS) is 19.6. The number of carbonyl (C=O) groups is 3. The quantitative estimate of drug-likeness (QED) is 0.371. The average molecular weight is 500 g/mol. The highest BCUT2D eigenvalue weighted by molar-refractivity contribution is 6.01. The van der Waals surface area contributed by atoms with Gasteiger partial charge in [0.2, 0.25) is 5.91 Å². The average Bonchev–Trinajstić information content (AvgIpc) is 3.32. The second-order valence-corrected chi connectivity index (χ2v) is 9.70. The molecule has 0 bridgehead atoms. The lowest BCUT2D eigenvalue weighted by Crippen LogP contribution is -2.45. The largest absolute Gasteiger partial charge is 0.497 e. The molecule has 2 heterocycles. The van der Waals surface area contributed by atoms with Gasteiger partial charge in [0, 0.05) is 19.0 Å². The molecule has 2 aliphatic heterocycles. The number of fused-ring (bicyclic) bond motifs is 2. The van der Waals surface area contributed by atoms with E-state index in [1.165, 1.54) is 13.2 Å². The van der Waals surface area contributed by atoms with Crippen molar-refractivity contribution in [2.75, 3.05) is 27.3 Å². The second-order valence-electron chi connectivity index (χ2n) is 9.70. The minimum Gasteiger partial charge on any atom is -0.497 e. The molecular formula is C30H29NO6. The number of hydrogen-bond donors (Lipinski definition) is 0. The Bertz CT molecular complexity index is 1430. The highest BCUT2D eigenvalue weighted by atomic mass is 16.5. The topological polar surface area (TPSA) is 82.1 Å². The van der Waals surface area contributed by atoms with E-state index in [2.05, 4.69) is 4.74 Å². The number of rotatable bonds is 5. The minimum atomic E-state index is -0.719. The summed E-state index contributed by atoms with van der Waals surface area (Å²) in [5, 5.41) is 2.11. The molecule has 2 atom stereocenters. The van der Waals surface area contributed by atoms with Crippen LogP contribution in [0, 0.1) is 0 Å². The van der Waals surface area contributed by atoms with Gasteiger partial charge in [0.05, 0.1) is 38.7 Å². The third-order valence-electron chi connectivity index (χ3n) is 7.30. The number of ether oxygens (including phenoxy) is 3. The standard InChI is InChI=1S/C30H29NO6/c1-19(21-6-7-23-16-24(35-2)9-8-22(23)15-21)29(34)31-13-12-30(18-31)17-26(32)25-14-20(4-10-27(25)37-30)5-11-28(33)36-3/h4-11,14-16,19H,12-13,17-18H2,1-3H3/b11-5+/t19-,30?/m0/s1. The zero-order chi connectivity index (χ0) is 26.2. The van der Waals surface area contributed by atoms with E-state index in [4.69, 9.17) is 9.47 Å². The molecule has 5 rings (SSSR count). The number of methoxy groups -OCH3 is 2. The summed E-state index contributed by atoms with van der Waals surface area (Å²) in [6.07, 6.45) is 3.72. The van der Waals surface area contributed by atoms with Crippen molar-refractivity contribution in [1.29, 1.82) is 0 Å². The monoisotopic (exact) mass is 499 g/mol. The summed E-state index contributed by atoms with van der Waals surface area (Å²) in [5.41, 5.74) is 1.43. The summed E-state index contributed by atoms with van der Waals surface area (Å²) in [4.78, 5) is 39.7. The van der Waals surface area contributed by atoms with Gasteiger partial charge in [-0.3, -0.25) is 9.59 Å². The molecule has 0 radical (unpaired) electrons. The number of esters is 1. The maximum atomic E-state index is 13.5. The molecule has 0 N–H and O–H groups in total. The number of hydrogen-bond acceptors (Lipinski definition) is 6. The predicted octanol–water partition coefficient (Wildman–Crippen LogP) is 4.77. The number of Topliss-reactive ketones (excluding diaryl/α,β-unsaturated/α-hetero) is 1. The number of nitrogens with zero attached hydrogens (tertiary/aromatic N) is 1. The van der Waals surface area contributed by atoms with Gasteiger partial charge in [-0.15, -0.1) is 0 Å². The molecule has 0 aromatic heterocycles. The van der Waals surface area contributed by atoms with E-state index in [9.17, 15) is 14.4 Å². The van der Waals surface area contributed by atoms with Crippen molar-refractivity contribution >= 4 is 34.5 Å². The summed E-state index contributed by atoms with van der Waals surface area (Å²) in [5.74, 6) is 0.519. The Balaban J connectivity index is 1.30. The van der Waals surface area contributed by atoms with Crippen molar-refractivity contribution in [1.82, 2.24) is 4.90 Å². The molecule has 1 fully saturated rings. The Hall–Kier alpha value is -4.13. The zero-order valence-electron chi connectivity index (χ0n) is 21.2. The smallest absolute Gasteiger partial charge is 0.330 e. The van der Waals surface area contributed by atoms with Crippen LogP contribution in [0.15, 0.2) is 60.7 Å². The first-order valence-corrected chi connectivity index (χ1v) is 12.3. The summed E-state index contributed by atoms with van der Waals surface area (Å²) < 4.78 is 16.3. The summed E-state index contributed by atoms with van der Waals surface area (Å²) in [6, 6.07) is 17.2. The van der Waals surface area contributed by atoms with Crippen molar-refractivity contribution < 1.29 is 28.6 Å². The van der Waals surface area contributed by atoms with Gasteiger partial charge in [-0.25, -0.2) is 4.79 Å². The molecule has 190 valence electrons. The molecule has 1 saturated heterocycles. The fourth-order valence-electron chi connectivity index (χ4n) is 5.16. The summed E-state index contributed by atoms with van der Waals surface area (Å²) in [7, 11) is 2.95. The lowest BCUT2D eigenvalue weighted by atomic mass is 9.88. The van der Waals surface area contributed by atoms with Crippen LogP contribution in [-0.2, 0) is 14.3 Å². The molecule has 2 aliphatic rings. The van der Waals surface area contributed by atoms with E-state index in [0.717, 1.165) is 22.1 Å². The number of ketones is 1. The highest BCUT2D eigenvalue weighted by Crippen LogP contribution is 2.40. The highest BCUT2D eigenvalue weighted by Gasteiger charge is 2.47. The van der Waals surface area contributed by atoms with Gasteiger partial charge >= 0.3 is 5.97 Å². The molecule has 0 saturated carbocycles. The van der Waals surface area contributed by atoms with Crippen molar-refractivity contribution in [3.05, 3.63) is 77.4 Å². The van der Waals surface area contributed by atoms with Gasteiger partial charge in [-0.1, -0.05) is 30.3 Å². The van der Waals surface area contributed by atoms with Crippen LogP contribution in [0.5, 0.6) is 11.5 Å². The molecular weight excluding hydrogens is 470 g/mol. The summed E-state index contributed by atoms with van der Waals surface area (Å²) >= 11 is 0. The first kappa shape index (κ1) is 24.6. The van der Waals surface area contributed by atoms with E-state index in [1.807, 2.05) is 48.2 Å². The van der Waals surface area contributed by atoms with E-state index in [-0.39, 0.29) is 24.0 Å². The molecule has 7 heteroatoms. The molecule has 37 heavy (non-hydrogen) atoms. The lowest BCUT2D eigenvalue weighted by Gasteiger charge is -2.35. The zero-order valence-corrected chi connectivity index (χ0v) is 21.2. The molecule has 1 spiro atoms. The Morgan fingerprint density at radius 1 is 1.05 bits per heavy atom. The van der Waals surface area contributed by atoms with E-state index in [1.54, 1.807) is 31.4 Å². The van der Waals surface area contributed by atoms with Crippen LogP contribution < -0.4 is 9.47 Å². The number of likely N-dealkylation sites (tertiary alicyclic amines) is 1. The number of carbonyl (C=O) groups excluding carboxylic acids is 3. The van der Waals surface area contributed by atoms with Crippen LogP contribution in [0.4, 0.5) is 0 Å². The van der Waals surface area contributed by atoms with Gasteiger partial charge in [0.25, 0.3) is 0 Å². The van der Waals surface area contributed by atoms with Crippen LogP contribution in [-0.4, -0.2) is 55.5 Å². The van der Waals surface area contributed by atoms with Crippen LogP contribution in [0.3, 0.4) is 0 Å². The molecule has 3 aromatic carbocycles. The van der Waals surface area contributed by atoms with Crippen LogP contribution >= 0.6 is 0 Å². The van der Waals surface area contributed by atoms with Crippen molar-refractivity contribution in [2.45, 2.75) is 31.3 Å². The third-order valence-corrected chi connectivity index (χ3v) is 7.30. The Morgan fingerprint density at radius 2 is 1.84 bits per heavy atom. The Labute approximate surface area is 215 Å². The fourth-order valence-corrected chi connectivity index (χ4v) is 5.16.